The highest BCUT2D eigenvalue weighted by Gasteiger charge is 2.37. The Balaban J connectivity index is 1.83. The summed E-state index contributed by atoms with van der Waals surface area (Å²) in [4.78, 5) is 32.3. The number of amides is 2. The summed E-state index contributed by atoms with van der Waals surface area (Å²) in [5.41, 5.74) is 3.01. The van der Waals surface area contributed by atoms with E-state index in [1.807, 2.05) is 48.0 Å². The summed E-state index contributed by atoms with van der Waals surface area (Å²) in [6.45, 7) is 1.18. The van der Waals surface area contributed by atoms with Crippen LogP contribution in [0, 0.1) is 0 Å². The molecule has 2 amide bonds. The van der Waals surface area contributed by atoms with Crippen molar-refractivity contribution in [1.82, 2.24) is 19.8 Å². The molecule has 2 aromatic carbocycles. The van der Waals surface area contributed by atoms with Crippen LogP contribution in [0.4, 0.5) is 0 Å². The Morgan fingerprint density at radius 2 is 1.41 bits per heavy atom. The second-order valence-corrected chi connectivity index (χ2v) is 9.97. The van der Waals surface area contributed by atoms with Crippen molar-refractivity contribution in [1.29, 1.82) is 0 Å². The lowest BCUT2D eigenvalue weighted by molar-refractivity contribution is -0.122. The Labute approximate surface area is 237 Å². The van der Waals surface area contributed by atoms with Crippen LogP contribution in [-0.4, -0.2) is 88.6 Å². The smallest absolute Gasteiger partial charge is 0.259 e. The van der Waals surface area contributed by atoms with E-state index in [0.717, 1.165) is 11.0 Å². The number of hydrogen-bond acceptors (Lipinski definition) is 8. The molecular weight excluding hydrogens is 528 g/mol. The molecule has 4 aromatic rings. The highest BCUT2D eigenvalue weighted by atomic mass is 16.5. The molecule has 0 saturated heterocycles. The van der Waals surface area contributed by atoms with Crippen LogP contribution in [0.2, 0.25) is 0 Å². The maximum absolute atomic E-state index is 13.6. The van der Waals surface area contributed by atoms with Crippen LogP contribution in [0.3, 0.4) is 0 Å². The number of aromatic nitrogens is 2. The fraction of sp³-hybridized carbons (Fsp3) is 0.333. The largest absolute Gasteiger partial charge is 0.493 e. The van der Waals surface area contributed by atoms with Gasteiger partial charge in [-0.1, -0.05) is 0 Å². The number of rotatable bonds is 11. The number of methoxy groups -OCH3 is 5. The normalized spacial score (nSPS) is 14.3. The molecule has 41 heavy (non-hydrogen) atoms. The number of carbonyl (C=O) groups is 2. The highest BCUT2D eigenvalue weighted by Crippen LogP contribution is 2.46. The van der Waals surface area contributed by atoms with Gasteiger partial charge in [-0.05, 0) is 38.4 Å². The van der Waals surface area contributed by atoms with E-state index in [9.17, 15) is 9.59 Å². The van der Waals surface area contributed by atoms with Crippen molar-refractivity contribution >= 4 is 44.8 Å². The van der Waals surface area contributed by atoms with Gasteiger partial charge in [-0.25, -0.2) is 0 Å². The first-order chi connectivity index (χ1) is 19.8. The quantitative estimate of drug-likeness (QED) is 0.268. The number of carbonyl (C=O) groups excluding carboxylic acids is 2. The van der Waals surface area contributed by atoms with Crippen molar-refractivity contribution in [2.24, 2.45) is 0 Å². The van der Waals surface area contributed by atoms with Gasteiger partial charge in [-0.15, -0.1) is 0 Å². The molecule has 216 valence electrons. The van der Waals surface area contributed by atoms with Crippen LogP contribution in [0.15, 0.2) is 36.7 Å². The fourth-order valence-corrected chi connectivity index (χ4v) is 5.58. The number of hydrogen-bond donors (Lipinski definition) is 2. The lowest BCUT2D eigenvalue weighted by Gasteiger charge is -2.21. The van der Waals surface area contributed by atoms with Crippen LogP contribution in [0.5, 0.6) is 23.0 Å². The predicted molar refractivity (Wildman–Crippen MR) is 156 cm³/mol. The summed E-state index contributed by atoms with van der Waals surface area (Å²) in [5.74, 6) is 0.886. The third-order valence-electron chi connectivity index (χ3n) is 7.35. The molecule has 3 heterocycles. The molecule has 0 bridgehead atoms. The second kappa shape index (κ2) is 11.2. The van der Waals surface area contributed by atoms with Gasteiger partial charge in [0.15, 0.2) is 23.0 Å². The zero-order valence-corrected chi connectivity index (χ0v) is 24.2. The molecule has 1 aliphatic heterocycles. The first-order valence-corrected chi connectivity index (χ1v) is 13.0. The molecular formula is C30H34N4O7. The van der Waals surface area contributed by atoms with Crippen molar-refractivity contribution in [2.75, 3.05) is 56.2 Å². The maximum atomic E-state index is 13.6. The van der Waals surface area contributed by atoms with Crippen molar-refractivity contribution in [2.45, 2.75) is 12.6 Å². The molecule has 5 rings (SSSR count). The molecule has 0 spiro atoms. The van der Waals surface area contributed by atoms with E-state index < -0.39 is 11.8 Å². The van der Waals surface area contributed by atoms with Gasteiger partial charge in [0, 0.05) is 37.2 Å². The Kier molecular flexibility index (Phi) is 7.65. The van der Waals surface area contributed by atoms with Crippen LogP contribution in [0.1, 0.15) is 11.1 Å². The SMILES string of the molecule is COc1ccc2[nH]cc(C3=C(c4cn(CC(CN(C)C)OC)c5ccc(OC)c(OC)c45)C(=O)NC3=O)c2c1OC. The summed E-state index contributed by atoms with van der Waals surface area (Å²) in [7, 11) is 11.8. The molecule has 1 atom stereocenters. The first kappa shape index (κ1) is 28.1. The summed E-state index contributed by atoms with van der Waals surface area (Å²) >= 11 is 0. The zero-order valence-electron chi connectivity index (χ0n) is 24.2. The molecule has 0 radical (unpaired) electrons. The summed E-state index contributed by atoms with van der Waals surface area (Å²) in [5, 5.41) is 3.78. The van der Waals surface area contributed by atoms with E-state index in [4.69, 9.17) is 23.7 Å². The van der Waals surface area contributed by atoms with Crippen LogP contribution in [0.25, 0.3) is 33.0 Å². The number of H-pyrrole nitrogens is 1. The molecule has 11 nitrogen and oxygen atoms in total. The van der Waals surface area contributed by atoms with Crippen molar-refractivity contribution in [3.05, 3.63) is 47.8 Å². The summed E-state index contributed by atoms with van der Waals surface area (Å²) in [6.07, 6.45) is 3.43. The van der Waals surface area contributed by atoms with E-state index in [-0.39, 0.29) is 17.3 Å². The minimum Gasteiger partial charge on any atom is -0.493 e. The lowest BCUT2D eigenvalue weighted by atomic mass is 9.95. The van der Waals surface area contributed by atoms with Gasteiger partial charge in [-0.2, -0.15) is 0 Å². The van der Waals surface area contributed by atoms with Crippen LogP contribution >= 0.6 is 0 Å². The van der Waals surface area contributed by atoms with E-state index in [1.165, 1.54) is 7.11 Å². The number of nitrogens with zero attached hydrogens (tertiary/aromatic N) is 2. The van der Waals surface area contributed by atoms with Gasteiger partial charge >= 0.3 is 0 Å². The number of imide groups is 1. The molecule has 1 aliphatic rings. The third kappa shape index (κ3) is 4.66. The van der Waals surface area contributed by atoms with Crippen molar-refractivity contribution in [3.63, 3.8) is 0 Å². The summed E-state index contributed by atoms with van der Waals surface area (Å²) in [6, 6.07) is 7.35. The van der Waals surface area contributed by atoms with Crippen LogP contribution < -0.4 is 24.3 Å². The minimum absolute atomic E-state index is 0.139. The molecule has 2 aromatic heterocycles. The van der Waals surface area contributed by atoms with E-state index in [2.05, 4.69) is 10.3 Å². The van der Waals surface area contributed by atoms with E-state index in [1.54, 1.807) is 40.7 Å². The van der Waals surface area contributed by atoms with Gasteiger partial charge in [0.25, 0.3) is 11.8 Å². The van der Waals surface area contributed by atoms with E-state index in [0.29, 0.717) is 58.0 Å². The fourth-order valence-electron chi connectivity index (χ4n) is 5.58. The maximum Gasteiger partial charge on any atom is 0.259 e. The second-order valence-electron chi connectivity index (χ2n) is 9.97. The number of fused-ring (bicyclic) bond motifs is 2. The molecule has 11 heteroatoms. The monoisotopic (exact) mass is 562 g/mol. The van der Waals surface area contributed by atoms with E-state index >= 15 is 0 Å². The third-order valence-corrected chi connectivity index (χ3v) is 7.35. The van der Waals surface area contributed by atoms with Gasteiger partial charge < -0.3 is 38.1 Å². The molecule has 2 N–H and O–H groups in total. The Bertz CT molecular complexity index is 1680. The molecule has 0 saturated carbocycles. The van der Waals surface area contributed by atoms with Gasteiger partial charge in [-0.3, -0.25) is 14.9 Å². The average molecular weight is 563 g/mol. The van der Waals surface area contributed by atoms with Gasteiger partial charge in [0.1, 0.15) is 0 Å². The lowest BCUT2D eigenvalue weighted by Crippen LogP contribution is -2.31. The van der Waals surface area contributed by atoms with Crippen LogP contribution in [-0.2, 0) is 20.9 Å². The Morgan fingerprint density at radius 3 is 2.00 bits per heavy atom. The number of benzene rings is 2. The number of nitrogens with one attached hydrogen (secondary N) is 2. The highest BCUT2D eigenvalue weighted by molar-refractivity contribution is 6.51. The Morgan fingerprint density at radius 1 is 0.805 bits per heavy atom. The molecule has 1 unspecified atom stereocenters. The standard InChI is InChI=1S/C30H34N4O7/c1-33(2)13-16(37-3)14-34-15-18(24-20(34)9-11-22(39-5)28(24)41-7)26-25(29(35)32-30(26)36)17-12-31-19-8-10-21(38-4)27(40-6)23(17)19/h8-12,15-16,31H,13-14H2,1-7H3,(H,32,35,36). The van der Waals surface area contributed by atoms with Gasteiger partial charge in [0.05, 0.1) is 74.0 Å². The average Bonchev–Trinajstić information content (AvgIpc) is 3.63. The van der Waals surface area contributed by atoms with Crippen molar-refractivity contribution < 1.29 is 33.3 Å². The predicted octanol–water partition coefficient (Wildman–Crippen LogP) is 3.30. The minimum atomic E-state index is -0.513. The van der Waals surface area contributed by atoms with Gasteiger partial charge in [0.2, 0.25) is 0 Å². The molecule has 0 aliphatic carbocycles. The number of likely N-dealkylation sites (N-methyl/N-ethyl adjacent to an activating group) is 1. The number of ether oxygens (including phenoxy) is 5. The van der Waals surface area contributed by atoms with Crippen molar-refractivity contribution in [3.8, 4) is 23.0 Å². The zero-order chi connectivity index (χ0) is 29.4. The summed E-state index contributed by atoms with van der Waals surface area (Å²) < 4.78 is 30.4. The topological polar surface area (TPSA) is 116 Å². The molecule has 0 fully saturated rings. The number of aromatic amines is 1. The Hall–Kier alpha value is -4.48. The first-order valence-electron chi connectivity index (χ1n) is 13.0.